The van der Waals surface area contributed by atoms with Gasteiger partial charge >= 0.3 is 6.11 Å². The highest BCUT2D eigenvalue weighted by Crippen LogP contribution is 2.33. The lowest BCUT2D eigenvalue weighted by Crippen LogP contribution is -2.35. The third-order valence-electron chi connectivity index (χ3n) is 4.09. The molecule has 0 unspecified atom stereocenters. The molecule has 0 saturated heterocycles. The molecule has 1 aromatic carbocycles. The number of hydrogen-bond donors (Lipinski definition) is 0. The lowest BCUT2D eigenvalue weighted by molar-refractivity contribution is -0.231. The van der Waals surface area contributed by atoms with Crippen molar-refractivity contribution >= 4 is 38.8 Å². The lowest BCUT2D eigenvalue weighted by Gasteiger charge is -2.20. The van der Waals surface area contributed by atoms with E-state index in [0.717, 1.165) is 18.4 Å². The van der Waals surface area contributed by atoms with Gasteiger partial charge in [-0.05, 0) is 18.6 Å². The van der Waals surface area contributed by atoms with Crippen LogP contribution in [0.3, 0.4) is 0 Å². The molecule has 10 heteroatoms. The molecule has 1 aliphatic carbocycles. The number of halogens is 3. The Bertz CT molecular complexity index is 889. The number of ether oxygens (including phenoxy) is 1. The second-order valence-electron chi connectivity index (χ2n) is 6.36. The molecule has 0 amide bonds. The molecule has 2 rings (SSSR count). The fourth-order valence-corrected chi connectivity index (χ4v) is 4.12. The Morgan fingerprint density at radius 3 is 2.30 bits per heavy atom. The number of carbonyl (C=O) groups is 3. The Morgan fingerprint density at radius 2 is 1.81 bits per heavy atom. The Morgan fingerprint density at radius 1 is 1.26 bits per heavy atom. The van der Waals surface area contributed by atoms with Crippen LogP contribution in [0, 0.1) is 5.92 Å². The molecule has 0 atom stereocenters. The number of ketones is 3. The van der Waals surface area contributed by atoms with E-state index in [2.05, 4.69) is 4.74 Å². The molecule has 27 heavy (non-hydrogen) atoms. The summed E-state index contributed by atoms with van der Waals surface area (Å²) in [4.78, 5) is 36.3. The van der Waals surface area contributed by atoms with E-state index in [1.54, 1.807) is 0 Å². The summed E-state index contributed by atoms with van der Waals surface area (Å²) in [7, 11) is -3.87. The van der Waals surface area contributed by atoms with E-state index in [9.17, 15) is 31.6 Å². The first-order chi connectivity index (χ1) is 12.3. The molecule has 0 aliphatic heterocycles. The Hall–Kier alpha value is -1.71. The van der Waals surface area contributed by atoms with Crippen LogP contribution in [0.1, 0.15) is 42.1 Å². The monoisotopic (exact) mass is 422 g/mol. The first-order valence-corrected chi connectivity index (χ1v) is 10.2. The van der Waals surface area contributed by atoms with Crippen LogP contribution in [0.4, 0.5) is 8.78 Å². The number of alkyl halides is 2. The van der Waals surface area contributed by atoms with Crippen LogP contribution >= 0.6 is 11.6 Å². The lowest BCUT2D eigenvalue weighted by atomic mass is 9.81. The van der Waals surface area contributed by atoms with Gasteiger partial charge in [0.25, 0.3) is 0 Å². The zero-order valence-electron chi connectivity index (χ0n) is 14.6. The van der Waals surface area contributed by atoms with E-state index in [-0.39, 0.29) is 28.9 Å². The van der Waals surface area contributed by atoms with Gasteiger partial charge < -0.3 is 4.74 Å². The summed E-state index contributed by atoms with van der Waals surface area (Å²) in [5, 5.41) is -0.432. The van der Waals surface area contributed by atoms with Crippen molar-refractivity contribution in [2.24, 2.45) is 5.92 Å². The van der Waals surface area contributed by atoms with Crippen LogP contribution in [-0.4, -0.2) is 38.1 Å². The SMILES string of the molecule is CC(F)(F)OCc1c(S(C)(=O)=O)ccc(C(=O)C2C(=O)CCCC2=O)c1Cl. The van der Waals surface area contributed by atoms with Crippen molar-refractivity contribution in [3.8, 4) is 0 Å². The van der Waals surface area contributed by atoms with E-state index < -0.39 is 50.8 Å². The smallest absolute Gasteiger partial charge is 0.316 e. The summed E-state index contributed by atoms with van der Waals surface area (Å²) in [6.45, 7) is -0.409. The fourth-order valence-electron chi connectivity index (χ4n) is 2.83. The maximum Gasteiger partial charge on any atom is 0.353 e. The van der Waals surface area contributed by atoms with Crippen molar-refractivity contribution in [2.75, 3.05) is 6.26 Å². The van der Waals surface area contributed by atoms with Gasteiger partial charge in [0.2, 0.25) is 0 Å². The molecular weight excluding hydrogens is 406 g/mol. The number of sulfone groups is 1. The normalized spacial score (nSPS) is 16.6. The molecule has 0 radical (unpaired) electrons. The molecule has 0 heterocycles. The summed E-state index contributed by atoms with van der Waals surface area (Å²) in [6.07, 6.45) is -2.22. The van der Waals surface area contributed by atoms with Crippen LogP contribution in [0.15, 0.2) is 17.0 Å². The Balaban J connectivity index is 2.54. The van der Waals surface area contributed by atoms with Crippen LogP contribution in [0.5, 0.6) is 0 Å². The summed E-state index contributed by atoms with van der Waals surface area (Å²) in [5.74, 6) is -3.48. The second kappa shape index (κ2) is 7.73. The van der Waals surface area contributed by atoms with Gasteiger partial charge in [0, 0.05) is 37.1 Å². The number of rotatable bonds is 6. The molecule has 1 saturated carbocycles. The van der Waals surface area contributed by atoms with Crippen molar-refractivity contribution in [3.05, 3.63) is 28.3 Å². The van der Waals surface area contributed by atoms with Crippen LogP contribution in [0.2, 0.25) is 5.02 Å². The highest BCUT2D eigenvalue weighted by molar-refractivity contribution is 7.90. The molecule has 1 fully saturated rings. The number of Topliss-reactive ketones (excluding diaryl/α,β-unsaturated/α-hetero) is 3. The van der Waals surface area contributed by atoms with Gasteiger partial charge in [-0.1, -0.05) is 11.6 Å². The van der Waals surface area contributed by atoms with Crippen molar-refractivity contribution < 1.29 is 36.3 Å². The molecule has 0 spiro atoms. The van der Waals surface area contributed by atoms with E-state index in [4.69, 9.17) is 11.6 Å². The molecule has 0 bridgehead atoms. The topological polar surface area (TPSA) is 94.6 Å². The molecule has 1 aliphatic rings. The minimum Gasteiger partial charge on any atom is -0.316 e. The highest BCUT2D eigenvalue weighted by atomic mass is 35.5. The summed E-state index contributed by atoms with van der Waals surface area (Å²) in [5.41, 5.74) is -0.613. The molecule has 0 aromatic heterocycles. The number of benzene rings is 1. The van der Waals surface area contributed by atoms with E-state index >= 15 is 0 Å². The molecule has 0 N–H and O–H groups in total. The standard InChI is InChI=1S/C17H17ClF2O6S/c1-17(19,20)26-8-10-13(27(2,24)25)7-6-9(15(10)18)16(23)14-11(21)4-3-5-12(14)22/h6-7,14H,3-5,8H2,1-2H3. The maximum atomic E-state index is 13.0. The molecule has 6 nitrogen and oxygen atoms in total. The second-order valence-corrected chi connectivity index (χ2v) is 8.72. The van der Waals surface area contributed by atoms with Gasteiger partial charge in [-0.15, -0.1) is 0 Å². The van der Waals surface area contributed by atoms with Gasteiger partial charge in [-0.25, -0.2) is 8.42 Å². The average molecular weight is 423 g/mol. The fraction of sp³-hybridized carbons (Fsp3) is 0.471. The highest BCUT2D eigenvalue weighted by Gasteiger charge is 2.38. The van der Waals surface area contributed by atoms with Crippen molar-refractivity contribution in [1.29, 1.82) is 0 Å². The van der Waals surface area contributed by atoms with E-state index in [0.29, 0.717) is 13.3 Å². The van der Waals surface area contributed by atoms with Gasteiger partial charge in [-0.2, -0.15) is 8.78 Å². The van der Waals surface area contributed by atoms with E-state index in [1.807, 2.05) is 0 Å². The minimum absolute atomic E-state index is 0.0687. The van der Waals surface area contributed by atoms with Gasteiger partial charge in [0.15, 0.2) is 27.2 Å². The van der Waals surface area contributed by atoms with Gasteiger partial charge in [0.05, 0.1) is 16.5 Å². The van der Waals surface area contributed by atoms with E-state index in [1.165, 1.54) is 0 Å². The van der Waals surface area contributed by atoms with Gasteiger partial charge in [-0.3, -0.25) is 14.4 Å². The average Bonchev–Trinajstić information content (AvgIpc) is 2.51. The Kier molecular flexibility index (Phi) is 6.18. The summed E-state index contributed by atoms with van der Waals surface area (Å²) in [6, 6.07) is 2.10. The van der Waals surface area contributed by atoms with Crippen LogP contribution < -0.4 is 0 Å². The first kappa shape index (κ1) is 21.6. The number of hydrogen-bond acceptors (Lipinski definition) is 6. The zero-order valence-corrected chi connectivity index (χ0v) is 16.1. The molecule has 148 valence electrons. The molecule has 1 aromatic rings. The first-order valence-electron chi connectivity index (χ1n) is 7.96. The number of carbonyl (C=O) groups excluding carboxylic acids is 3. The molecular formula is C17H17ClF2O6S. The predicted octanol–water partition coefficient (Wildman–Crippen LogP) is 2.99. The van der Waals surface area contributed by atoms with Gasteiger partial charge in [0.1, 0.15) is 5.92 Å². The minimum atomic E-state index is -3.87. The largest absolute Gasteiger partial charge is 0.353 e. The van der Waals surface area contributed by atoms with Crippen molar-refractivity contribution in [1.82, 2.24) is 0 Å². The van der Waals surface area contributed by atoms with Crippen LogP contribution in [-0.2, 0) is 30.8 Å². The Labute approximate surface area is 159 Å². The summed E-state index contributed by atoms with van der Waals surface area (Å²) < 4.78 is 54.3. The quantitative estimate of drug-likeness (QED) is 0.516. The summed E-state index contributed by atoms with van der Waals surface area (Å²) >= 11 is 6.13. The van der Waals surface area contributed by atoms with Crippen molar-refractivity contribution in [2.45, 2.75) is 43.8 Å². The third-order valence-corrected chi connectivity index (χ3v) is 5.70. The third kappa shape index (κ3) is 4.97. The predicted molar refractivity (Wildman–Crippen MR) is 91.7 cm³/mol. The van der Waals surface area contributed by atoms with Crippen LogP contribution in [0.25, 0.3) is 0 Å². The van der Waals surface area contributed by atoms with Crippen molar-refractivity contribution in [3.63, 3.8) is 0 Å². The zero-order chi connectivity index (χ0) is 20.6. The maximum absolute atomic E-state index is 13.0.